The summed E-state index contributed by atoms with van der Waals surface area (Å²) < 4.78 is 43.8. The lowest BCUT2D eigenvalue weighted by Crippen LogP contribution is -2.38. The number of rotatable bonds is 10. The van der Waals surface area contributed by atoms with Gasteiger partial charge in [0.1, 0.15) is 0 Å². The summed E-state index contributed by atoms with van der Waals surface area (Å²) in [6.07, 6.45) is -1.57. The van der Waals surface area contributed by atoms with E-state index in [2.05, 4.69) is 32.4 Å². The number of nitrogens with one attached hydrogen (secondary N) is 1. The Morgan fingerprint density at radius 2 is 1.57 bits per heavy atom. The standard InChI is InChI=1S/C32H31N5O5S2/c1-37-32(33-35-36-37)43-21-28-29(23-9-4-2-5-10-23)30(24-17-15-22(20-38)16-18-24)42-31(41-28)25-11-8-12-26(19-25)34-44(39,40)27-13-6-3-7-14-27/h2-19,28-31,34,38H,20-21H2,1H3/t28-,29-,30+,31?/m1/s1. The molecule has 6 rings (SSSR count). The summed E-state index contributed by atoms with van der Waals surface area (Å²) in [4.78, 5) is 0.169. The molecule has 0 aliphatic carbocycles. The van der Waals surface area contributed by atoms with E-state index < -0.39 is 22.4 Å². The average Bonchev–Trinajstić information content (AvgIpc) is 3.48. The van der Waals surface area contributed by atoms with Crippen LogP contribution in [0.15, 0.2) is 119 Å². The molecule has 4 atom stereocenters. The minimum absolute atomic E-state index is 0.0592. The molecule has 0 spiro atoms. The fourth-order valence-electron chi connectivity index (χ4n) is 5.21. The number of ether oxygens (including phenoxy) is 2. The van der Waals surface area contributed by atoms with E-state index in [4.69, 9.17) is 9.47 Å². The lowest BCUT2D eigenvalue weighted by Gasteiger charge is -2.43. The molecule has 226 valence electrons. The molecule has 2 heterocycles. The van der Waals surface area contributed by atoms with Crippen LogP contribution in [0.5, 0.6) is 0 Å². The van der Waals surface area contributed by atoms with Crippen LogP contribution in [0.4, 0.5) is 5.69 Å². The molecule has 2 N–H and O–H groups in total. The number of aliphatic hydroxyl groups excluding tert-OH is 1. The maximum Gasteiger partial charge on any atom is 0.261 e. The Labute approximate surface area is 260 Å². The zero-order chi connectivity index (χ0) is 30.5. The third-order valence-electron chi connectivity index (χ3n) is 7.39. The van der Waals surface area contributed by atoms with Crippen molar-refractivity contribution in [2.45, 2.75) is 41.1 Å². The summed E-state index contributed by atoms with van der Waals surface area (Å²) >= 11 is 1.49. The normalized spacial score (nSPS) is 20.3. The second kappa shape index (κ2) is 13.3. The van der Waals surface area contributed by atoms with Gasteiger partial charge in [-0.25, -0.2) is 13.1 Å². The van der Waals surface area contributed by atoms with Gasteiger partial charge in [-0.3, -0.25) is 4.72 Å². The van der Waals surface area contributed by atoms with Gasteiger partial charge in [-0.2, -0.15) is 0 Å². The maximum absolute atomic E-state index is 13.0. The van der Waals surface area contributed by atoms with Crippen LogP contribution < -0.4 is 4.72 Å². The fraction of sp³-hybridized carbons (Fsp3) is 0.219. The van der Waals surface area contributed by atoms with Gasteiger partial charge < -0.3 is 14.6 Å². The van der Waals surface area contributed by atoms with E-state index in [1.165, 1.54) is 11.8 Å². The number of sulfonamides is 1. The predicted molar refractivity (Wildman–Crippen MR) is 166 cm³/mol. The third kappa shape index (κ3) is 6.69. The monoisotopic (exact) mass is 629 g/mol. The molecule has 1 fully saturated rings. The second-order valence-electron chi connectivity index (χ2n) is 10.3. The van der Waals surface area contributed by atoms with E-state index in [9.17, 15) is 13.5 Å². The number of hydrogen-bond acceptors (Lipinski definition) is 9. The van der Waals surface area contributed by atoms with E-state index in [1.807, 2.05) is 48.5 Å². The summed E-state index contributed by atoms with van der Waals surface area (Å²) in [7, 11) is -2.00. The third-order valence-corrected chi connectivity index (χ3v) is 9.89. The molecule has 44 heavy (non-hydrogen) atoms. The van der Waals surface area contributed by atoms with Crippen molar-refractivity contribution in [3.63, 3.8) is 0 Å². The quantitative estimate of drug-likeness (QED) is 0.200. The number of aryl methyl sites for hydroxylation is 1. The van der Waals surface area contributed by atoms with Gasteiger partial charge in [-0.05, 0) is 51.4 Å². The lowest BCUT2D eigenvalue weighted by atomic mass is 9.84. The number of tetrazole rings is 1. The van der Waals surface area contributed by atoms with Crippen LogP contribution in [0.2, 0.25) is 0 Å². The van der Waals surface area contributed by atoms with Crippen LogP contribution >= 0.6 is 11.8 Å². The highest BCUT2D eigenvalue weighted by Gasteiger charge is 2.42. The highest BCUT2D eigenvalue weighted by molar-refractivity contribution is 7.99. The summed E-state index contributed by atoms with van der Waals surface area (Å²) in [6, 6.07) is 33.1. The van der Waals surface area contributed by atoms with Crippen LogP contribution in [0.1, 0.15) is 40.6 Å². The topological polar surface area (TPSA) is 128 Å². The van der Waals surface area contributed by atoms with Crippen LogP contribution in [-0.2, 0) is 33.2 Å². The van der Waals surface area contributed by atoms with Gasteiger partial charge in [0.05, 0.1) is 23.7 Å². The Balaban J connectivity index is 1.36. The lowest BCUT2D eigenvalue weighted by molar-refractivity contribution is -0.255. The Morgan fingerprint density at radius 1 is 0.864 bits per heavy atom. The van der Waals surface area contributed by atoms with E-state index in [0.29, 0.717) is 22.2 Å². The zero-order valence-corrected chi connectivity index (χ0v) is 25.4. The van der Waals surface area contributed by atoms with Crippen LogP contribution in [-0.4, -0.2) is 45.6 Å². The maximum atomic E-state index is 13.0. The van der Waals surface area contributed by atoms with Crippen molar-refractivity contribution in [3.05, 3.63) is 131 Å². The van der Waals surface area contributed by atoms with Gasteiger partial charge in [0.15, 0.2) is 6.29 Å². The zero-order valence-electron chi connectivity index (χ0n) is 23.8. The molecule has 12 heteroatoms. The largest absolute Gasteiger partial charge is 0.392 e. The van der Waals surface area contributed by atoms with Crippen LogP contribution in [0.25, 0.3) is 0 Å². The van der Waals surface area contributed by atoms with Crippen molar-refractivity contribution < 1.29 is 23.0 Å². The molecule has 1 aliphatic rings. The Hall–Kier alpha value is -4.07. The summed E-state index contributed by atoms with van der Waals surface area (Å²) in [6.45, 7) is -0.0592. The molecule has 1 saturated heterocycles. The van der Waals surface area contributed by atoms with E-state index in [1.54, 1.807) is 60.3 Å². The first-order chi connectivity index (χ1) is 21.4. The molecule has 1 aromatic heterocycles. The number of nitrogens with zero attached hydrogens (tertiary/aromatic N) is 4. The molecular weight excluding hydrogens is 599 g/mol. The molecule has 10 nitrogen and oxygen atoms in total. The molecule has 0 amide bonds. The molecule has 0 bridgehead atoms. The summed E-state index contributed by atoms with van der Waals surface area (Å²) in [5.41, 5.74) is 3.84. The smallest absolute Gasteiger partial charge is 0.261 e. The van der Waals surface area contributed by atoms with Crippen LogP contribution in [0.3, 0.4) is 0 Å². The number of thioether (sulfide) groups is 1. The highest BCUT2D eigenvalue weighted by Crippen LogP contribution is 2.48. The van der Waals surface area contributed by atoms with Gasteiger partial charge in [-0.15, -0.1) is 5.10 Å². The van der Waals surface area contributed by atoms with Crippen molar-refractivity contribution in [1.29, 1.82) is 0 Å². The van der Waals surface area contributed by atoms with Gasteiger partial charge in [0, 0.05) is 30.0 Å². The van der Waals surface area contributed by atoms with Crippen molar-refractivity contribution in [2.24, 2.45) is 7.05 Å². The van der Waals surface area contributed by atoms with Crippen molar-refractivity contribution in [3.8, 4) is 0 Å². The average molecular weight is 630 g/mol. The number of hydrogen-bond donors (Lipinski definition) is 2. The van der Waals surface area contributed by atoms with Crippen LogP contribution in [0, 0.1) is 0 Å². The molecule has 0 radical (unpaired) electrons. The predicted octanol–water partition coefficient (Wildman–Crippen LogP) is 5.23. The number of benzene rings is 4. The highest BCUT2D eigenvalue weighted by atomic mass is 32.2. The summed E-state index contributed by atoms with van der Waals surface area (Å²) in [5.74, 6) is 0.333. The van der Waals surface area contributed by atoms with Crippen molar-refractivity contribution in [1.82, 2.24) is 20.2 Å². The van der Waals surface area contributed by atoms with E-state index >= 15 is 0 Å². The molecule has 4 aromatic carbocycles. The molecule has 0 saturated carbocycles. The van der Waals surface area contributed by atoms with Gasteiger partial charge in [-0.1, -0.05) is 96.7 Å². The Kier molecular flexibility index (Phi) is 9.05. The molecule has 5 aromatic rings. The fourth-order valence-corrected chi connectivity index (χ4v) is 7.20. The molecule has 1 unspecified atom stereocenters. The minimum atomic E-state index is -3.79. The Bertz CT molecular complexity index is 1790. The summed E-state index contributed by atoms with van der Waals surface area (Å²) in [5, 5.41) is 22.1. The van der Waals surface area contributed by atoms with E-state index in [-0.39, 0.29) is 23.5 Å². The molecule has 1 aliphatic heterocycles. The van der Waals surface area contributed by atoms with Gasteiger partial charge in [0.2, 0.25) is 5.16 Å². The molecular formula is C32H31N5O5S2. The van der Waals surface area contributed by atoms with Crippen molar-refractivity contribution >= 4 is 27.5 Å². The number of aromatic nitrogens is 4. The first-order valence-corrected chi connectivity index (χ1v) is 16.5. The number of aliphatic hydroxyl groups is 1. The second-order valence-corrected chi connectivity index (χ2v) is 13.0. The van der Waals surface area contributed by atoms with E-state index in [0.717, 1.165) is 16.7 Å². The first-order valence-electron chi connectivity index (χ1n) is 14.0. The van der Waals surface area contributed by atoms with Gasteiger partial charge >= 0.3 is 0 Å². The Morgan fingerprint density at radius 3 is 2.25 bits per heavy atom. The van der Waals surface area contributed by atoms with Crippen molar-refractivity contribution in [2.75, 3.05) is 10.5 Å². The number of anilines is 1. The van der Waals surface area contributed by atoms with Gasteiger partial charge in [0.25, 0.3) is 10.0 Å². The minimum Gasteiger partial charge on any atom is -0.392 e. The SMILES string of the molecule is Cn1nnnc1SC[C@H]1OC(c2cccc(NS(=O)(=O)c3ccccc3)c2)O[C@@H](c2ccc(CO)cc2)[C@@H]1c1ccccc1. The first kappa shape index (κ1) is 30.0.